The first-order valence-corrected chi connectivity index (χ1v) is 3.20. The van der Waals surface area contributed by atoms with Gasteiger partial charge in [-0.05, 0) is 6.92 Å². The fourth-order valence-corrected chi connectivity index (χ4v) is 0.553. The number of carbonyl (C=O) groups excluding carboxylic acids is 1. The number of halogens is 5. The number of esters is 1. The number of carbonyl (C=O) groups is 1. The molecule has 0 saturated carbocycles. The van der Waals surface area contributed by atoms with Crippen molar-refractivity contribution in [3.05, 3.63) is 0 Å². The van der Waals surface area contributed by atoms with Gasteiger partial charge in [-0.25, -0.2) is 0 Å². The Hall–Kier alpha value is -0.880. The van der Waals surface area contributed by atoms with Crippen molar-refractivity contribution in [2.24, 2.45) is 0 Å². The first kappa shape index (κ1) is 12.1. The molecule has 0 heterocycles. The summed E-state index contributed by atoms with van der Waals surface area (Å²) in [5.41, 5.74) is 0. The summed E-state index contributed by atoms with van der Waals surface area (Å²) < 4.78 is 63.1. The molecule has 2 nitrogen and oxygen atoms in total. The van der Waals surface area contributed by atoms with Crippen LogP contribution in [0.2, 0.25) is 0 Å². The Morgan fingerprint density at radius 1 is 1.23 bits per heavy atom. The van der Waals surface area contributed by atoms with E-state index in [-0.39, 0.29) is 0 Å². The topological polar surface area (TPSA) is 26.3 Å². The summed E-state index contributed by atoms with van der Waals surface area (Å²) in [6.07, 6.45) is -8.22. The maximum Gasteiger partial charge on any atom is 0.457 e. The molecular formula is C6H7F5O2. The van der Waals surface area contributed by atoms with Gasteiger partial charge in [0.2, 0.25) is 0 Å². The van der Waals surface area contributed by atoms with Crippen LogP contribution in [0, 0.1) is 0 Å². The molecule has 0 bridgehead atoms. The molecular weight excluding hydrogens is 199 g/mol. The third-order valence-electron chi connectivity index (χ3n) is 1.23. The molecule has 0 N–H and O–H groups in total. The maximum atomic E-state index is 12.3. The molecule has 0 aromatic heterocycles. The van der Waals surface area contributed by atoms with Crippen molar-refractivity contribution in [3.8, 4) is 0 Å². The fourth-order valence-electron chi connectivity index (χ4n) is 0.553. The zero-order valence-corrected chi connectivity index (χ0v) is 6.78. The highest BCUT2D eigenvalue weighted by molar-refractivity contribution is 5.66. The van der Waals surface area contributed by atoms with Gasteiger partial charge in [0, 0.05) is 6.92 Å². The minimum absolute atomic E-state index is 0.481. The third-order valence-corrected chi connectivity index (χ3v) is 1.23. The van der Waals surface area contributed by atoms with Crippen LogP contribution in [0.1, 0.15) is 13.8 Å². The highest BCUT2D eigenvalue weighted by atomic mass is 19.4. The maximum absolute atomic E-state index is 12.3. The van der Waals surface area contributed by atoms with Crippen LogP contribution < -0.4 is 0 Å². The quantitative estimate of drug-likeness (QED) is 0.511. The van der Waals surface area contributed by atoms with Crippen molar-refractivity contribution in [2.45, 2.75) is 32.1 Å². The monoisotopic (exact) mass is 206 g/mol. The molecule has 0 spiro atoms. The number of alkyl halides is 5. The smallest absolute Gasteiger partial charge is 0.456 e. The van der Waals surface area contributed by atoms with E-state index in [1.165, 1.54) is 0 Å². The van der Waals surface area contributed by atoms with Gasteiger partial charge in [0.05, 0.1) is 0 Å². The summed E-state index contributed by atoms with van der Waals surface area (Å²) in [6, 6.07) is 0. The highest BCUT2D eigenvalue weighted by Crippen LogP contribution is 2.39. The van der Waals surface area contributed by atoms with Gasteiger partial charge in [-0.15, -0.1) is 0 Å². The molecule has 1 unspecified atom stereocenters. The van der Waals surface area contributed by atoms with Crippen molar-refractivity contribution in [3.63, 3.8) is 0 Å². The SMILES string of the molecule is CC(=O)OC(C)C(F)(F)C(F)(F)F. The Morgan fingerprint density at radius 3 is 1.85 bits per heavy atom. The van der Waals surface area contributed by atoms with Gasteiger partial charge >= 0.3 is 18.1 Å². The van der Waals surface area contributed by atoms with E-state index in [1.54, 1.807) is 0 Å². The summed E-state index contributed by atoms with van der Waals surface area (Å²) in [6.45, 7) is 1.23. The van der Waals surface area contributed by atoms with E-state index in [0.717, 1.165) is 6.92 Å². The van der Waals surface area contributed by atoms with Gasteiger partial charge in [-0.3, -0.25) is 4.79 Å². The first-order valence-electron chi connectivity index (χ1n) is 3.20. The van der Waals surface area contributed by atoms with E-state index in [1.807, 2.05) is 0 Å². The molecule has 0 aromatic carbocycles. The summed E-state index contributed by atoms with van der Waals surface area (Å²) >= 11 is 0. The van der Waals surface area contributed by atoms with E-state index in [4.69, 9.17) is 0 Å². The number of hydrogen-bond acceptors (Lipinski definition) is 2. The highest BCUT2D eigenvalue weighted by Gasteiger charge is 2.62. The van der Waals surface area contributed by atoms with Gasteiger partial charge < -0.3 is 4.74 Å². The van der Waals surface area contributed by atoms with Crippen LogP contribution in [0.4, 0.5) is 22.0 Å². The lowest BCUT2D eigenvalue weighted by atomic mass is 10.2. The molecule has 0 saturated heterocycles. The zero-order valence-electron chi connectivity index (χ0n) is 6.78. The van der Waals surface area contributed by atoms with Crippen LogP contribution in [-0.4, -0.2) is 24.2 Å². The minimum Gasteiger partial charge on any atom is -0.456 e. The minimum atomic E-state index is -5.71. The number of ether oxygens (including phenoxy) is 1. The molecule has 13 heavy (non-hydrogen) atoms. The summed E-state index contributed by atoms with van der Waals surface area (Å²) in [7, 11) is 0. The van der Waals surface area contributed by atoms with Crippen LogP contribution in [0.15, 0.2) is 0 Å². The molecule has 0 aliphatic rings. The molecule has 0 aromatic rings. The Morgan fingerprint density at radius 2 is 1.62 bits per heavy atom. The Balaban J connectivity index is 4.54. The molecule has 0 radical (unpaired) electrons. The van der Waals surface area contributed by atoms with Crippen molar-refractivity contribution in [1.82, 2.24) is 0 Å². The van der Waals surface area contributed by atoms with Gasteiger partial charge in [0.25, 0.3) is 0 Å². The van der Waals surface area contributed by atoms with Crippen molar-refractivity contribution >= 4 is 5.97 Å². The van der Waals surface area contributed by atoms with Crippen molar-refractivity contribution in [2.75, 3.05) is 0 Å². The van der Waals surface area contributed by atoms with Crippen LogP contribution in [-0.2, 0) is 9.53 Å². The van der Waals surface area contributed by atoms with Gasteiger partial charge in [0.1, 0.15) is 0 Å². The van der Waals surface area contributed by atoms with Crippen molar-refractivity contribution < 1.29 is 31.5 Å². The number of hydrogen-bond donors (Lipinski definition) is 0. The van der Waals surface area contributed by atoms with Gasteiger partial charge in [0.15, 0.2) is 6.10 Å². The molecule has 0 amide bonds. The molecule has 0 aliphatic heterocycles. The third kappa shape index (κ3) is 2.82. The fraction of sp³-hybridized carbons (Fsp3) is 0.833. The second-order valence-electron chi connectivity index (χ2n) is 2.37. The Labute approximate surface area is 70.7 Å². The molecule has 0 rings (SSSR count). The Bertz CT molecular complexity index is 198. The van der Waals surface area contributed by atoms with Crippen LogP contribution in [0.5, 0.6) is 0 Å². The molecule has 78 valence electrons. The Kier molecular flexibility index (Phi) is 3.23. The van der Waals surface area contributed by atoms with E-state index in [9.17, 15) is 26.7 Å². The summed E-state index contributed by atoms with van der Waals surface area (Å²) in [4.78, 5) is 10.1. The standard InChI is InChI=1S/C6H7F5O2/c1-3(13-4(2)12)5(7,8)6(9,10)11/h3H,1-2H3. The average Bonchev–Trinajstić information content (AvgIpc) is 1.82. The number of rotatable bonds is 2. The lowest BCUT2D eigenvalue weighted by Gasteiger charge is -2.24. The summed E-state index contributed by atoms with van der Waals surface area (Å²) in [5.74, 6) is -6.20. The second kappa shape index (κ2) is 3.47. The average molecular weight is 206 g/mol. The largest absolute Gasteiger partial charge is 0.457 e. The molecule has 7 heteroatoms. The lowest BCUT2D eigenvalue weighted by molar-refractivity contribution is -0.311. The molecule has 0 fully saturated rings. The van der Waals surface area contributed by atoms with Gasteiger partial charge in [-0.1, -0.05) is 0 Å². The van der Waals surface area contributed by atoms with E-state index >= 15 is 0 Å². The lowest BCUT2D eigenvalue weighted by Crippen LogP contribution is -2.47. The van der Waals surface area contributed by atoms with Crippen molar-refractivity contribution in [1.29, 1.82) is 0 Å². The molecule has 0 aliphatic carbocycles. The van der Waals surface area contributed by atoms with Crippen LogP contribution in [0.25, 0.3) is 0 Å². The predicted molar refractivity (Wildman–Crippen MR) is 32.2 cm³/mol. The second-order valence-corrected chi connectivity index (χ2v) is 2.37. The summed E-state index contributed by atoms with van der Waals surface area (Å²) in [5, 5.41) is 0. The van der Waals surface area contributed by atoms with E-state index in [0.29, 0.717) is 6.92 Å². The molecule has 1 atom stereocenters. The van der Waals surface area contributed by atoms with E-state index in [2.05, 4.69) is 4.74 Å². The predicted octanol–water partition coefficient (Wildman–Crippen LogP) is 2.14. The normalized spacial score (nSPS) is 15.3. The van der Waals surface area contributed by atoms with E-state index < -0.39 is 24.2 Å². The zero-order chi connectivity index (χ0) is 10.9. The van der Waals surface area contributed by atoms with Crippen LogP contribution in [0.3, 0.4) is 0 Å². The van der Waals surface area contributed by atoms with Crippen LogP contribution >= 0.6 is 0 Å². The first-order chi connectivity index (χ1) is 5.59. The van der Waals surface area contributed by atoms with Gasteiger partial charge in [-0.2, -0.15) is 22.0 Å².